The second-order valence-electron chi connectivity index (χ2n) is 5.16. The maximum atomic E-state index is 9.48. The Balaban J connectivity index is 1.91. The Morgan fingerprint density at radius 2 is 2.13 bits per heavy atom. The van der Waals surface area contributed by atoms with Gasteiger partial charge in [-0.3, -0.25) is 10.7 Å². The van der Waals surface area contributed by atoms with Crippen LogP contribution in [0.2, 0.25) is 5.02 Å². The summed E-state index contributed by atoms with van der Waals surface area (Å²) < 4.78 is 5.67. The van der Waals surface area contributed by atoms with E-state index in [9.17, 15) is 5.21 Å². The summed E-state index contributed by atoms with van der Waals surface area (Å²) in [6, 6.07) is 13.1. The van der Waals surface area contributed by atoms with Gasteiger partial charge in [0.1, 0.15) is 5.75 Å². The number of hydroxylamine groups is 1. The van der Waals surface area contributed by atoms with Gasteiger partial charge in [0.25, 0.3) is 0 Å². The summed E-state index contributed by atoms with van der Waals surface area (Å²) >= 11 is 5.98. The third kappa shape index (κ3) is 3.38. The zero-order valence-electron chi connectivity index (χ0n) is 12.7. The van der Waals surface area contributed by atoms with Crippen LogP contribution in [0.5, 0.6) is 5.75 Å². The van der Waals surface area contributed by atoms with Crippen LogP contribution in [0.3, 0.4) is 0 Å². The molecule has 0 saturated heterocycles. The predicted octanol–water partition coefficient (Wildman–Crippen LogP) is 4.39. The third-order valence-corrected chi connectivity index (χ3v) is 3.86. The molecule has 1 aliphatic carbocycles. The van der Waals surface area contributed by atoms with Crippen molar-refractivity contribution in [2.75, 3.05) is 6.61 Å². The minimum Gasteiger partial charge on any atom is -0.494 e. The van der Waals surface area contributed by atoms with Gasteiger partial charge in [-0.1, -0.05) is 29.8 Å². The number of rotatable bonds is 4. The van der Waals surface area contributed by atoms with Crippen molar-refractivity contribution >= 4 is 29.2 Å². The molecule has 0 spiro atoms. The van der Waals surface area contributed by atoms with E-state index in [-0.39, 0.29) is 0 Å². The highest BCUT2D eigenvalue weighted by Crippen LogP contribution is 2.33. The fourth-order valence-electron chi connectivity index (χ4n) is 2.62. The molecule has 23 heavy (non-hydrogen) atoms. The van der Waals surface area contributed by atoms with Crippen LogP contribution >= 0.6 is 11.6 Å². The minimum atomic E-state index is 0.408. The van der Waals surface area contributed by atoms with E-state index in [0.717, 1.165) is 22.4 Å². The number of hydrogen-bond donors (Lipinski definition) is 2. The third-order valence-electron chi connectivity index (χ3n) is 3.63. The van der Waals surface area contributed by atoms with Gasteiger partial charge in [-0.05, 0) is 42.8 Å². The fraction of sp³-hybridized carbons (Fsp3) is 0.167. The Labute approximate surface area is 140 Å². The molecular weight excluding hydrogens is 312 g/mol. The van der Waals surface area contributed by atoms with E-state index in [4.69, 9.17) is 16.3 Å². The number of hydrogen-bond acceptors (Lipinski definition) is 3. The molecule has 118 valence electrons. The molecule has 3 rings (SSSR count). The number of nitrogens with one attached hydrogen (secondary N) is 1. The summed E-state index contributed by atoms with van der Waals surface area (Å²) in [7, 11) is 0. The van der Waals surface area contributed by atoms with Crippen LogP contribution in [-0.2, 0) is 6.42 Å². The van der Waals surface area contributed by atoms with Crippen LogP contribution in [0.25, 0.3) is 6.08 Å². The number of fused-ring (bicyclic) bond motifs is 1. The molecular formula is C18H17ClN2O2. The Kier molecular flexibility index (Phi) is 4.65. The second-order valence-corrected chi connectivity index (χ2v) is 5.59. The number of halogens is 1. The van der Waals surface area contributed by atoms with Crippen molar-refractivity contribution in [3.8, 4) is 5.75 Å². The molecule has 4 nitrogen and oxygen atoms in total. The zero-order chi connectivity index (χ0) is 16.2. The SMILES string of the molecule is CCOc1cccc2c1CC(C(=Nc1cccc(Cl)c1)NO)=C2. The van der Waals surface area contributed by atoms with Crippen LogP contribution in [-0.4, -0.2) is 17.6 Å². The summed E-state index contributed by atoms with van der Waals surface area (Å²) in [6.07, 6.45) is 2.66. The summed E-state index contributed by atoms with van der Waals surface area (Å²) in [6.45, 7) is 2.58. The van der Waals surface area contributed by atoms with Crippen LogP contribution in [0.4, 0.5) is 5.69 Å². The highest BCUT2D eigenvalue weighted by atomic mass is 35.5. The van der Waals surface area contributed by atoms with Gasteiger partial charge >= 0.3 is 0 Å². The highest BCUT2D eigenvalue weighted by molar-refractivity contribution is 6.30. The quantitative estimate of drug-likeness (QED) is 0.497. The van der Waals surface area contributed by atoms with E-state index < -0.39 is 0 Å². The summed E-state index contributed by atoms with van der Waals surface area (Å²) in [4.78, 5) is 4.44. The summed E-state index contributed by atoms with van der Waals surface area (Å²) in [5.41, 5.74) is 5.96. The standard InChI is InChI=1S/C18H17ClN2O2/c1-2-23-17-8-3-5-12-9-13(10-16(12)17)18(21-22)20-15-7-4-6-14(19)11-15/h3-9,11,22H,2,10H2,1H3,(H,20,21). The molecule has 0 saturated carbocycles. The molecule has 0 radical (unpaired) electrons. The highest BCUT2D eigenvalue weighted by Gasteiger charge is 2.20. The lowest BCUT2D eigenvalue weighted by molar-refractivity contribution is 0.235. The van der Waals surface area contributed by atoms with Gasteiger partial charge in [-0.25, -0.2) is 4.99 Å². The monoisotopic (exact) mass is 328 g/mol. The largest absolute Gasteiger partial charge is 0.494 e. The van der Waals surface area contributed by atoms with Crippen molar-refractivity contribution in [3.63, 3.8) is 0 Å². The average molecular weight is 329 g/mol. The van der Waals surface area contributed by atoms with Gasteiger partial charge in [0.05, 0.1) is 12.3 Å². The van der Waals surface area contributed by atoms with Gasteiger partial charge in [0.2, 0.25) is 0 Å². The number of benzene rings is 2. The molecule has 0 aliphatic heterocycles. The average Bonchev–Trinajstić information content (AvgIpc) is 2.98. The van der Waals surface area contributed by atoms with E-state index in [1.54, 1.807) is 12.1 Å². The normalized spacial score (nSPS) is 13.5. The van der Waals surface area contributed by atoms with Crippen molar-refractivity contribution in [1.82, 2.24) is 5.48 Å². The molecule has 0 atom stereocenters. The molecule has 5 heteroatoms. The first kappa shape index (κ1) is 15.6. The Hall–Kier alpha value is -2.30. The molecule has 0 fully saturated rings. The first-order chi connectivity index (χ1) is 11.2. The molecule has 2 aromatic carbocycles. The Bertz CT molecular complexity index is 784. The van der Waals surface area contributed by atoms with Gasteiger partial charge in [-0.15, -0.1) is 0 Å². The second kappa shape index (κ2) is 6.86. The van der Waals surface area contributed by atoms with Gasteiger partial charge in [0.15, 0.2) is 5.84 Å². The first-order valence-corrected chi connectivity index (χ1v) is 7.79. The topological polar surface area (TPSA) is 53.8 Å². The minimum absolute atomic E-state index is 0.408. The summed E-state index contributed by atoms with van der Waals surface area (Å²) in [5.74, 6) is 1.28. The van der Waals surface area contributed by atoms with Crippen LogP contribution < -0.4 is 10.2 Å². The van der Waals surface area contributed by atoms with E-state index >= 15 is 0 Å². The Morgan fingerprint density at radius 3 is 2.87 bits per heavy atom. The van der Waals surface area contributed by atoms with Crippen molar-refractivity contribution in [2.45, 2.75) is 13.3 Å². The summed E-state index contributed by atoms with van der Waals surface area (Å²) in [5, 5.41) is 10.1. The maximum Gasteiger partial charge on any atom is 0.153 e. The van der Waals surface area contributed by atoms with Crippen LogP contribution in [0, 0.1) is 0 Å². The zero-order valence-corrected chi connectivity index (χ0v) is 13.5. The molecule has 1 aliphatic rings. The van der Waals surface area contributed by atoms with Crippen molar-refractivity contribution in [2.24, 2.45) is 4.99 Å². The molecule has 0 aromatic heterocycles. The lowest BCUT2D eigenvalue weighted by Crippen LogP contribution is -2.21. The number of ether oxygens (including phenoxy) is 1. The Morgan fingerprint density at radius 1 is 1.30 bits per heavy atom. The van der Waals surface area contributed by atoms with E-state index in [1.807, 2.05) is 43.3 Å². The number of nitrogens with zero attached hydrogens (tertiary/aromatic N) is 1. The molecule has 0 unspecified atom stereocenters. The lowest BCUT2D eigenvalue weighted by atomic mass is 10.1. The van der Waals surface area contributed by atoms with E-state index in [1.165, 1.54) is 0 Å². The van der Waals surface area contributed by atoms with Crippen LogP contribution in [0.15, 0.2) is 53.0 Å². The number of aliphatic imine (C=N–C) groups is 1. The smallest absolute Gasteiger partial charge is 0.153 e. The van der Waals surface area contributed by atoms with Gasteiger partial charge in [-0.2, -0.15) is 0 Å². The molecule has 0 bridgehead atoms. The van der Waals surface area contributed by atoms with E-state index in [2.05, 4.69) is 10.5 Å². The van der Waals surface area contributed by atoms with Gasteiger partial charge < -0.3 is 4.74 Å². The molecule has 0 amide bonds. The molecule has 2 N–H and O–H groups in total. The fourth-order valence-corrected chi connectivity index (χ4v) is 2.81. The molecule has 2 aromatic rings. The molecule has 0 heterocycles. The van der Waals surface area contributed by atoms with Crippen LogP contribution in [0.1, 0.15) is 18.1 Å². The predicted molar refractivity (Wildman–Crippen MR) is 92.8 cm³/mol. The maximum absolute atomic E-state index is 9.48. The van der Waals surface area contributed by atoms with Crippen molar-refractivity contribution in [3.05, 3.63) is 64.2 Å². The first-order valence-electron chi connectivity index (χ1n) is 7.41. The number of amidine groups is 1. The lowest BCUT2D eigenvalue weighted by Gasteiger charge is -2.10. The van der Waals surface area contributed by atoms with Gasteiger partial charge in [0, 0.05) is 22.6 Å². The van der Waals surface area contributed by atoms with E-state index in [0.29, 0.717) is 29.6 Å². The van der Waals surface area contributed by atoms with Crippen molar-refractivity contribution < 1.29 is 9.94 Å². The van der Waals surface area contributed by atoms with Crippen molar-refractivity contribution in [1.29, 1.82) is 0 Å².